The zero-order chi connectivity index (χ0) is 18.0. The van der Waals surface area contributed by atoms with E-state index in [4.69, 9.17) is 9.47 Å². The number of anilines is 1. The standard InChI is InChI=1S/C19H19BrN2O3/c1-4-22-15-10-17(25-3)16(24-2)9-14(15)19(21-11-18(22)23)12-6-5-7-13(20)8-12/h5-10H,4,11H2,1-3H3. The molecule has 0 unspecified atom stereocenters. The van der Waals surface area contributed by atoms with Gasteiger partial charge in [-0.15, -0.1) is 0 Å². The second-order valence-corrected chi connectivity index (χ2v) is 6.45. The van der Waals surface area contributed by atoms with E-state index in [-0.39, 0.29) is 12.5 Å². The van der Waals surface area contributed by atoms with Gasteiger partial charge in [0.15, 0.2) is 11.5 Å². The molecule has 0 N–H and O–H groups in total. The Morgan fingerprint density at radius 2 is 1.88 bits per heavy atom. The molecule has 5 nitrogen and oxygen atoms in total. The predicted octanol–water partition coefficient (Wildman–Crippen LogP) is 3.67. The number of rotatable bonds is 4. The topological polar surface area (TPSA) is 51.1 Å². The van der Waals surface area contributed by atoms with Crippen molar-refractivity contribution in [1.29, 1.82) is 0 Å². The van der Waals surface area contributed by atoms with Gasteiger partial charge < -0.3 is 14.4 Å². The van der Waals surface area contributed by atoms with Crippen molar-refractivity contribution in [2.24, 2.45) is 4.99 Å². The Morgan fingerprint density at radius 1 is 1.16 bits per heavy atom. The first kappa shape index (κ1) is 17.5. The van der Waals surface area contributed by atoms with Gasteiger partial charge in [-0.3, -0.25) is 9.79 Å². The van der Waals surface area contributed by atoms with Crippen LogP contribution in [0.2, 0.25) is 0 Å². The maximum absolute atomic E-state index is 12.5. The first-order valence-corrected chi connectivity index (χ1v) is 8.75. The molecule has 1 aliphatic rings. The molecule has 6 heteroatoms. The Hall–Kier alpha value is -2.34. The van der Waals surface area contributed by atoms with Crippen LogP contribution in [-0.4, -0.2) is 38.9 Å². The summed E-state index contributed by atoms with van der Waals surface area (Å²) in [6, 6.07) is 11.6. The Morgan fingerprint density at radius 3 is 2.52 bits per heavy atom. The predicted molar refractivity (Wildman–Crippen MR) is 102 cm³/mol. The first-order chi connectivity index (χ1) is 12.1. The Balaban J connectivity index is 2.27. The molecule has 0 atom stereocenters. The van der Waals surface area contributed by atoms with E-state index in [1.54, 1.807) is 19.1 Å². The number of benzene rings is 2. The number of nitrogens with zero attached hydrogens (tertiary/aromatic N) is 2. The molecule has 0 bridgehead atoms. The maximum Gasteiger partial charge on any atom is 0.248 e. The number of carbonyl (C=O) groups is 1. The van der Waals surface area contributed by atoms with Crippen LogP contribution in [0.15, 0.2) is 45.9 Å². The van der Waals surface area contributed by atoms with Gasteiger partial charge in [-0.2, -0.15) is 0 Å². The average Bonchev–Trinajstić information content (AvgIpc) is 2.75. The molecule has 25 heavy (non-hydrogen) atoms. The number of aliphatic imine (C=N–C) groups is 1. The van der Waals surface area contributed by atoms with Crippen LogP contribution in [0.3, 0.4) is 0 Å². The monoisotopic (exact) mass is 402 g/mol. The summed E-state index contributed by atoms with van der Waals surface area (Å²) in [6.07, 6.45) is 0. The summed E-state index contributed by atoms with van der Waals surface area (Å²) in [4.78, 5) is 18.9. The minimum Gasteiger partial charge on any atom is -0.493 e. The van der Waals surface area contributed by atoms with Crippen molar-refractivity contribution in [3.63, 3.8) is 0 Å². The molecule has 1 amide bonds. The van der Waals surface area contributed by atoms with E-state index in [0.29, 0.717) is 18.0 Å². The average molecular weight is 403 g/mol. The maximum atomic E-state index is 12.5. The highest BCUT2D eigenvalue weighted by atomic mass is 79.9. The van der Waals surface area contributed by atoms with E-state index >= 15 is 0 Å². The number of hydrogen-bond donors (Lipinski definition) is 0. The minimum atomic E-state index is -0.0408. The number of ether oxygens (including phenoxy) is 2. The van der Waals surface area contributed by atoms with Gasteiger partial charge in [0, 0.05) is 28.2 Å². The number of amides is 1. The lowest BCUT2D eigenvalue weighted by atomic mass is 9.99. The second-order valence-electron chi connectivity index (χ2n) is 5.54. The van der Waals surface area contributed by atoms with Crippen molar-refractivity contribution in [2.45, 2.75) is 6.92 Å². The minimum absolute atomic E-state index is 0.0408. The van der Waals surface area contributed by atoms with Gasteiger partial charge >= 0.3 is 0 Å². The van der Waals surface area contributed by atoms with Crippen LogP contribution >= 0.6 is 15.9 Å². The fraction of sp³-hybridized carbons (Fsp3) is 0.263. The molecule has 2 aromatic rings. The normalized spacial score (nSPS) is 13.8. The summed E-state index contributed by atoms with van der Waals surface area (Å²) in [5.41, 5.74) is 3.33. The summed E-state index contributed by atoms with van der Waals surface area (Å²) >= 11 is 3.50. The van der Waals surface area contributed by atoms with E-state index in [0.717, 1.165) is 27.0 Å². The van der Waals surface area contributed by atoms with E-state index in [1.165, 1.54) is 0 Å². The van der Waals surface area contributed by atoms with Crippen LogP contribution < -0.4 is 14.4 Å². The highest BCUT2D eigenvalue weighted by molar-refractivity contribution is 9.10. The van der Waals surface area contributed by atoms with Gasteiger partial charge in [0.2, 0.25) is 5.91 Å². The van der Waals surface area contributed by atoms with Gasteiger partial charge in [-0.25, -0.2) is 0 Å². The van der Waals surface area contributed by atoms with E-state index < -0.39 is 0 Å². The van der Waals surface area contributed by atoms with Crippen molar-refractivity contribution in [3.8, 4) is 11.5 Å². The van der Waals surface area contributed by atoms with Gasteiger partial charge in [0.05, 0.1) is 25.6 Å². The van der Waals surface area contributed by atoms with Crippen LogP contribution in [0.25, 0.3) is 0 Å². The molecule has 0 saturated heterocycles. The summed E-state index contributed by atoms with van der Waals surface area (Å²) in [6.45, 7) is 2.61. The lowest BCUT2D eigenvalue weighted by molar-refractivity contribution is -0.117. The fourth-order valence-corrected chi connectivity index (χ4v) is 3.36. The summed E-state index contributed by atoms with van der Waals surface area (Å²) in [5.74, 6) is 1.15. The summed E-state index contributed by atoms with van der Waals surface area (Å²) in [5, 5.41) is 0. The van der Waals surface area contributed by atoms with Crippen LogP contribution in [0, 0.1) is 0 Å². The molecule has 0 aromatic heterocycles. The number of fused-ring (bicyclic) bond motifs is 1. The zero-order valence-corrected chi connectivity index (χ0v) is 16.0. The number of carbonyl (C=O) groups excluding carboxylic acids is 1. The van der Waals surface area contributed by atoms with E-state index in [2.05, 4.69) is 20.9 Å². The number of benzodiazepines with no additional fused rings is 1. The van der Waals surface area contributed by atoms with Crippen molar-refractivity contribution < 1.29 is 14.3 Å². The first-order valence-electron chi connectivity index (χ1n) is 7.96. The Kier molecular flexibility index (Phi) is 5.08. The SMILES string of the molecule is CCN1C(=O)CN=C(c2cccc(Br)c2)c2cc(OC)c(OC)cc21. The number of hydrogen-bond acceptors (Lipinski definition) is 4. The van der Waals surface area contributed by atoms with Crippen molar-refractivity contribution in [2.75, 3.05) is 32.2 Å². The van der Waals surface area contributed by atoms with Crippen molar-refractivity contribution in [1.82, 2.24) is 0 Å². The van der Waals surface area contributed by atoms with Crippen molar-refractivity contribution >= 4 is 33.2 Å². The number of likely N-dealkylation sites (N-methyl/N-ethyl adjacent to an activating group) is 1. The van der Waals surface area contributed by atoms with Gasteiger partial charge in [-0.1, -0.05) is 28.1 Å². The van der Waals surface area contributed by atoms with Crippen molar-refractivity contribution in [3.05, 3.63) is 52.0 Å². The molecule has 130 valence electrons. The van der Waals surface area contributed by atoms with Gasteiger partial charge in [0.25, 0.3) is 0 Å². The van der Waals surface area contributed by atoms with Crippen LogP contribution in [0.5, 0.6) is 11.5 Å². The smallest absolute Gasteiger partial charge is 0.248 e. The highest BCUT2D eigenvalue weighted by Gasteiger charge is 2.26. The van der Waals surface area contributed by atoms with Gasteiger partial charge in [0.1, 0.15) is 6.54 Å². The largest absolute Gasteiger partial charge is 0.493 e. The highest BCUT2D eigenvalue weighted by Crippen LogP contribution is 2.37. The number of halogens is 1. The molecule has 0 saturated carbocycles. The third-order valence-corrected chi connectivity index (χ3v) is 4.63. The molecule has 0 spiro atoms. The summed E-state index contributed by atoms with van der Waals surface area (Å²) in [7, 11) is 3.18. The zero-order valence-electron chi connectivity index (χ0n) is 14.4. The molecular formula is C19H19BrN2O3. The molecule has 1 aliphatic heterocycles. The third-order valence-electron chi connectivity index (χ3n) is 4.14. The van der Waals surface area contributed by atoms with Crippen LogP contribution in [-0.2, 0) is 4.79 Å². The Bertz CT molecular complexity index is 849. The molecule has 0 fully saturated rings. The lowest BCUT2D eigenvalue weighted by Gasteiger charge is -2.23. The van der Waals surface area contributed by atoms with Gasteiger partial charge in [-0.05, 0) is 25.1 Å². The Labute approximate surface area is 155 Å². The quantitative estimate of drug-likeness (QED) is 0.783. The lowest BCUT2D eigenvalue weighted by Crippen LogP contribution is -2.32. The van der Waals surface area contributed by atoms with E-state index in [9.17, 15) is 4.79 Å². The van der Waals surface area contributed by atoms with Crippen LogP contribution in [0.1, 0.15) is 18.1 Å². The number of methoxy groups -OCH3 is 2. The van der Waals surface area contributed by atoms with Crippen LogP contribution in [0.4, 0.5) is 5.69 Å². The molecule has 0 radical (unpaired) electrons. The fourth-order valence-electron chi connectivity index (χ4n) is 2.96. The molecule has 2 aromatic carbocycles. The molecule has 3 rings (SSSR count). The van der Waals surface area contributed by atoms with E-state index in [1.807, 2.05) is 43.3 Å². The molecule has 1 heterocycles. The third kappa shape index (κ3) is 3.26. The molecular weight excluding hydrogens is 384 g/mol. The summed E-state index contributed by atoms with van der Waals surface area (Å²) < 4.78 is 11.8. The second kappa shape index (κ2) is 7.27. The molecule has 0 aliphatic carbocycles.